The Morgan fingerprint density at radius 2 is 2.21 bits per heavy atom. The standard InChI is InChI=1S/C15H23N3O/c1-10-8-12(16)11(9-17-10)14(19)18-13-6-4-5-7-15(13,2)3/h8-9,13H,4-7H2,1-3H3,(H2,16,17)(H,18,19). The first-order valence-electron chi connectivity index (χ1n) is 6.93. The summed E-state index contributed by atoms with van der Waals surface area (Å²) in [7, 11) is 0. The smallest absolute Gasteiger partial charge is 0.255 e. The molecule has 0 aliphatic heterocycles. The molecule has 1 fully saturated rings. The van der Waals surface area contributed by atoms with Gasteiger partial charge in [-0.2, -0.15) is 0 Å². The number of hydrogen-bond acceptors (Lipinski definition) is 3. The highest BCUT2D eigenvalue weighted by Crippen LogP contribution is 2.35. The molecule has 1 aromatic rings. The Hall–Kier alpha value is -1.58. The van der Waals surface area contributed by atoms with Crippen LogP contribution in [0.15, 0.2) is 12.3 Å². The molecule has 1 aliphatic carbocycles. The van der Waals surface area contributed by atoms with E-state index in [9.17, 15) is 4.79 Å². The van der Waals surface area contributed by atoms with Crippen LogP contribution in [0.2, 0.25) is 0 Å². The monoisotopic (exact) mass is 261 g/mol. The number of aromatic nitrogens is 1. The van der Waals surface area contributed by atoms with Gasteiger partial charge in [0.2, 0.25) is 0 Å². The van der Waals surface area contributed by atoms with Crippen LogP contribution in [0.1, 0.15) is 55.6 Å². The molecule has 1 heterocycles. The number of nitrogens with two attached hydrogens (primary N) is 1. The number of pyridine rings is 1. The highest BCUT2D eigenvalue weighted by molar-refractivity contribution is 5.99. The molecule has 0 radical (unpaired) electrons. The van der Waals surface area contributed by atoms with Crippen LogP contribution in [0.3, 0.4) is 0 Å². The summed E-state index contributed by atoms with van der Waals surface area (Å²) < 4.78 is 0. The summed E-state index contributed by atoms with van der Waals surface area (Å²) in [5.41, 5.74) is 7.85. The normalized spacial score (nSPS) is 21.9. The van der Waals surface area contributed by atoms with E-state index in [2.05, 4.69) is 24.1 Å². The molecule has 1 saturated carbocycles. The maximum Gasteiger partial charge on any atom is 0.255 e. The minimum Gasteiger partial charge on any atom is -0.398 e. The molecule has 0 bridgehead atoms. The minimum absolute atomic E-state index is 0.107. The molecule has 0 saturated heterocycles. The summed E-state index contributed by atoms with van der Waals surface area (Å²) in [6.45, 7) is 6.30. The van der Waals surface area contributed by atoms with E-state index in [-0.39, 0.29) is 17.4 Å². The summed E-state index contributed by atoms with van der Waals surface area (Å²) in [5, 5.41) is 3.13. The first-order chi connectivity index (χ1) is 8.90. The van der Waals surface area contributed by atoms with Crippen molar-refractivity contribution in [1.29, 1.82) is 0 Å². The van der Waals surface area contributed by atoms with E-state index in [1.54, 1.807) is 12.3 Å². The zero-order valence-electron chi connectivity index (χ0n) is 12.0. The third-order valence-electron chi connectivity index (χ3n) is 4.13. The van der Waals surface area contributed by atoms with E-state index in [1.165, 1.54) is 12.8 Å². The number of carbonyl (C=O) groups excluding carboxylic acids is 1. The lowest BCUT2D eigenvalue weighted by Crippen LogP contribution is -2.47. The third-order valence-corrected chi connectivity index (χ3v) is 4.13. The van der Waals surface area contributed by atoms with Gasteiger partial charge in [-0.05, 0) is 31.2 Å². The SMILES string of the molecule is Cc1cc(N)c(C(=O)NC2CCCCC2(C)C)cn1. The van der Waals surface area contributed by atoms with Crippen LogP contribution in [-0.2, 0) is 0 Å². The zero-order valence-corrected chi connectivity index (χ0v) is 12.0. The molecule has 1 aromatic heterocycles. The molecule has 4 nitrogen and oxygen atoms in total. The van der Waals surface area contributed by atoms with E-state index in [0.29, 0.717) is 11.3 Å². The van der Waals surface area contributed by atoms with Crippen molar-refractivity contribution in [3.05, 3.63) is 23.5 Å². The Morgan fingerprint density at radius 1 is 1.47 bits per heavy atom. The van der Waals surface area contributed by atoms with E-state index in [1.807, 2.05) is 6.92 Å². The van der Waals surface area contributed by atoms with E-state index in [4.69, 9.17) is 5.73 Å². The van der Waals surface area contributed by atoms with Gasteiger partial charge in [-0.3, -0.25) is 9.78 Å². The number of rotatable bonds is 2. The molecular formula is C15H23N3O. The summed E-state index contributed by atoms with van der Waals surface area (Å²) in [6, 6.07) is 1.95. The highest BCUT2D eigenvalue weighted by atomic mass is 16.1. The second-order valence-electron chi connectivity index (χ2n) is 6.17. The van der Waals surface area contributed by atoms with Crippen molar-refractivity contribution >= 4 is 11.6 Å². The van der Waals surface area contributed by atoms with Gasteiger partial charge in [0.1, 0.15) is 0 Å². The fraction of sp³-hybridized carbons (Fsp3) is 0.600. The van der Waals surface area contributed by atoms with Gasteiger partial charge in [0.05, 0.1) is 5.56 Å². The third kappa shape index (κ3) is 3.06. The van der Waals surface area contributed by atoms with Gasteiger partial charge in [0.15, 0.2) is 0 Å². The molecule has 1 atom stereocenters. The molecule has 1 amide bonds. The number of aryl methyl sites for hydroxylation is 1. The van der Waals surface area contributed by atoms with Crippen molar-refractivity contribution < 1.29 is 4.79 Å². The molecule has 4 heteroatoms. The maximum atomic E-state index is 12.3. The van der Waals surface area contributed by atoms with Crippen molar-refractivity contribution in [2.24, 2.45) is 5.41 Å². The predicted octanol–water partition coefficient (Wildman–Crippen LogP) is 2.67. The number of nitrogen functional groups attached to an aromatic ring is 1. The summed E-state index contributed by atoms with van der Waals surface area (Å²) >= 11 is 0. The van der Waals surface area contributed by atoms with Gasteiger partial charge in [-0.15, -0.1) is 0 Å². The average molecular weight is 261 g/mol. The quantitative estimate of drug-likeness (QED) is 0.860. The number of amides is 1. The van der Waals surface area contributed by atoms with Crippen LogP contribution in [-0.4, -0.2) is 16.9 Å². The van der Waals surface area contributed by atoms with Crippen molar-refractivity contribution in [2.75, 3.05) is 5.73 Å². The molecule has 3 N–H and O–H groups in total. The molecule has 104 valence electrons. The average Bonchev–Trinajstić information content (AvgIpc) is 2.31. The lowest BCUT2D eigenvalue weighted by Gasteiger charge is -2.39. The van der Waals surface area contributed by atoms with Gasteiger partial charge in [-0.25, -0.2) is 0 Å². The molecule has 1 aliphatic rings. The lowest BCUT2D eigenvalue weighted by atomic mass is 9.73. The van der Waals surface area contributed by atoms with Gasteiger partial charge >= 0.3 is 0 Å². The fourth-order valence-electron chi connectivity index (χ4n) is 2.77. The van der Waals surface area contributed by atoms with Gasteiger partial charge in [0, 0.05) is 23.6 Å². The van der Waals surface area contributed by atoms with Crippen LogP contribution >= 0.6 is 0 Å². The Bertz CT molecular complexity index is 482. The molecular weight excluding hydrogens is 238 g/mol. The summed E-state index contributed by atoms with van der Waals surface area (Å²) in [6.07, 6.45) is 6.18. The number of nitrogens with one attached hydrogen (secondary N) is 1. The largest absolute Gasteiger partial charge is 0.398 e. The van der Waals surface area contributed by atoms with Crippen LogP contribution in [0.5, 0.6) is 0 Å². The Labute approximate surface area is 114 Å². The number of hydrogen-bond donors (Lipinski definition) is 2. The van der Waals surface area contributed by atoms with Crippen molar-refractivity contribution in [3.63, 3.8) is 0 Å². The van der Waals surface area contributed by atoms with Gasteiger partial charge < -0.3 is 11.1 Å². The molecule has 1 unspecified atom stereocenters. The van der Waals surface area contributed by atoms with Crippen molar-refractivity contribution in [3.8, 4) is 0 Å². The Balaban J connectivity index is 2.12. The second kappa shape index (κ2) is 5.19. The first kappa shape index (κ1) is 13.8. The topological polar surface area (TPSA) is 68.0 Å². The summed E-state index contributed by atoms with van der Waals surface area (Å²) in [4.78, 5) is 16.5. The second-order valence-corrected chi connectivity index (χ2v) is 6.17. The van der Waals surface area contributed by atoms with E-state index in [0.717, 1.165) is 18.5 Å². The predicted molar refractivity (Wildman–Crippen MR) is 76.9 cm³/mol. The Kier molecular flexibility index (Phi) is 3.78. The van der Waals surface area contributed by atoms with Gasteiger partial charge in [-0.1, -0.05) is 26.7 Å². The van der Waals surface area contributed by atoms with Crippen molar-refractivity contribution in [2.45, 2.75) is 52.5 Å². The fourth-order valence-corrected chi connectivity index (χ4v) is 2.77. The number of carbonyl (C=O) groups is 1. The summed E-state index contributed by atoms with van der Waals surface area (Å²) in [5.74, 6) is -0.107. The number of anilines is 1. The molecule has 0 spiro atoms. The first-order valence-corrected chi connectivity index (χ1v) is 6.93. The lowest BCUT2D eigenvalue weighted by molar-refractivity contribution is 0.0854. The van der Waals surface area contributed by atoms with Crippen LogP contribution < -0.4 is 11.1 Å². The molecule has 19 heavy (non-hydrogen) atoms. The van der Waals surface area contributed by atoms with Crippen LogP contribution in [0, 0.1) is 12.3 Å². The zero-order chi connectivity index (χ0) is 14.0. The van der Waals surface area contributed by atoms with Crippen molar-refractivity contribution in [1.82, 2.24) is 10.3 Å². The molecule has 0 aromatic carbocycles. The Morgan fingerprint density at radius 3 is 2.84 bits per heavy atom. The van der Waals surface area contributed by atoms with E-state index >= 15 is 0 Å². The van der Waals surface area contributed by atoms with Gasteiger partial charge in [0.25, 0.3) is 5.91 Å². The minimum atomic E-state index is -0.107. The van der Waals surface area contributed by atoms with Crippen LogP contribution in [0.4, 0.5) is 5.69 Å². The van der Waals surface area contributed by atoms with Crippen LogP contribution in [0.25, 0.3) is 0 Å². The highest BCUT2D eigenvalue weighted by Gasteiger charge is 2.33. The van der Waals surface area contributed by atoms with E-state index < -0.39 is 0 Å². The number of nitrogens with zero attached hydrogens (tertiary/aromatic N) is 1. The maximum absolute atomic E-state index is 12.3. The molecule has 2 rings (SSSR count).